The lowest BCUT2D eigenvalue weighted by Gasteiger charge is -2.04. The molecule has 3 aromatic rings. The second-order valence-electron chi connectivity index (χ2n) is 4.88. The smallest absolute Gasteiger partial charge is 0.167 e. The van der Waals surface area contributed by atoms with Gasteiger partial charge in [-0.05, 0) is 24.6 Å². The average Bonchev–Trinajstić information content (AvgIpc) is 2.96. The highest BCUT2D eigenvalue weighted by Gasteiger charge is 2.08. The van der Waals surface area contributed by atoms with E-state index in [1.807, 2.05) is 55.5 Å². The Bertz CT molecular complexity index is 738. The van der Waals surface area contributed by atoms with Crippen LogP contribution in [0.4, 0.5) is 5.69 Å². The molecule has 4 heteroatoms. The van der Waals surface area contributed by atoms with Crippen LogP contribution in [0, 0.1) is 6.92 Å². The lowest BCUT2D eigenvalue weighted by atomic mass is 10.2. The molecular weight excluding hydrogens is 280 g/mol. The Hall–Kier alpha value is -2.20. The summed E-state index contributed by atoms with van der Waals surface area (Å²) < 4.78 is 5.39. The van der Waals surface area contributed by atoms with Crippen molar-refractivity contribution in [3.05, 3.63) is 65.9 Å². The van der Waals surface area contributed by atoms with Gasteiger partial charge in [-0.3, -0.25) is 0 Å². The zero-order valence-corrected chi connectivity index (χ0v) is 12.6. The van der Waals surface area contributed by atoms with Crippen LogP contribution in [0.25, 0.3) is 11.3 Å². The topological polar surface area (TPSA) is 52.0 Å². The number of benzene rings is 2. The Balaban J connectivity index is 1.70. The number of thioether (sulfide) groups is 1. The molecule has 0 aliphatic rings. The number of rotatable bonds is 4. The number of nitrogen functional groups attached to an aromatic ring is 1. The zero-order chi connectivity index (χ0) is 14.7. The highest BCUT2D eigenvalue weighted by molar-refractivity contribution is 7.98. The van der Waals surface area contributed by atoms with E-state index in [2.05, 4.69) is 11.2 Å². The molecule has 0 atom stereocenters. The maximum Gasteiger partial charge on any atom is 0.167 e. The van der Waals surface area contributed by atoms with Crippen molar-refractivity contribution in [2.24, 2.45) is 0 Å². The molecular formula is C17H16N2OS. The van der Waals surface area contributed by atoms with Crippen molar-refractivity contribution >= 4 is 17.4 Å². The normalized spacial score (nSPS) is 10.7. The summed E-state index contributed by atoms with van der Waals surface area (Å²) in [6.07, 6.45) is 0. The quantitative estimate of drug-likeness (QED) is 0.568. The first-order valence-corrected chi connectivity index (χ1v) is 7.71. The van der Waals surface area contributed by atoms with E-state index >= 15 is 0 Å². The lowest BCUT2D eigenvalue weighted by Crippen LogP contribution is -1.90. The first-order chi connectivity index (χ1) is 10.2. The molecule has 3 rings (SSSR count). The van der Waals surface area contributed by atoms with Gasteiger partial charge in [0.05, 0.1) is 5.69 Å². The maximum absolute atomic E-state index is 6.02. The van der Waals surface area contributed by atoms with Crippen LogP contribution >= 0.6 is 11.8 Å². The third kappa shape index (κ3) is 3.28. The molecule has 21 heavy (non-hydrogen) atoms. The SMILES string of the molecule is Cc1ccc(SCc2cc(-c3ccccc3)on2)c(N)c1. The summed E-state index contributed by atoms with van der Waals surface area (Å²) in [5.74, 6) is 1.53. The Kier molecular flexibility index (Phi) is 3.97. The summed E-state index contributed by atoms with van der Waals surface area (Å²) in [6, 6.07) is 18.1. The molecule has 0 saturated heterocycles. The number of hydrogen-bond acceptors (Lipinski definition) is 4. The average molecular weight is 296 g/mol. The Morgan fingerprint density at radius 2 is 1.90 bits per heavy atom. The monoisotopic (exact) mass is 296 g/mol. The van der Waals surface area contributed by atoms with Gasteiger partial charge in [0.15, 0.2) is 5.76 Å². The summed E-state index contributed by atoms with van der Waals surface area (Å²) in [7, 11) is 0. The van der Waals surface area contributed by atoms with Crippen molar-refractivity contribution in [2.45, 2.75) is 17.6 Å². The van der Waals surface area contributed by atoms with Crippen molar-refractivity contribution in [1.82, 2.24) is 5.16 Å². The molecule has 0 aliphatic carbocycles. The molecule has 2 N–H and O–H groups in total. The molecule has 0 saturated carbocycles. The minimum Gasteiger partial charge on any atom is -0.398 e. The third-order valence-electron chi connectivity index (χ3n) is 3.16. The van der Waals surface area contributed by atoms with Gasteiger partial charge in [0.25, 0.3) is 0 Å². The van der Waals surface area contributed by atoms with Crippen molar-refractivity contribution in [3.8, 4) is 11.3 Å². The first kappa shape index (κ1) is 13.8. The second kappa shape index (κ2) is 6.06. The highest BCUT2D eigenvalue weighted by Crippen LogP contribution is 2.29. The highest BCUT2D eigenvalue weighted by atomic mass is 32.2. The number of anilines is 1. The van der Waals surface area contributed by atoms with Crippen LogP contribution in [0.15, 0.2) is 64.0 Å². The van der Waals surface area contributed by atoms with Crippen LogP contribution in [-0.2, 0) is 5.75 Å². The summed E-state index contributed by atoms with van der Waals surface area (Å²) >= 11 is 1.67. The van der Waals surface area contributed by atoms with E-state index in [1.54, 1.807) is 11.8 Å². The van der Waals surface area contributed by atoms with Crippen LogP contribution in [0.2, 0.25) is 0 Å². The molecule has 1 heterocycles. The number of nitrogens with zero attached hydrogens (tertiary/aromatic N) is 1. The number of aromatic nitrogens is 1. The molecule has 0 spiro atoms. The van der Waals surface area contributed by atoms with Gasteiger partial charge in [0, 0.05) is 28.0 Å². The fraction of sp³-hybridized carbons (Fsp3) is 0.118. The van der Waals surface area contributed by atoms with Crippen LogP contribution in [-0.4, -0.2) is 5.16 Å². The van der Waals surface area contributed by atoms with Crippen molar-refractivity contribution in [1.29, 1.82) is 0 Å². The van der Waals surface area contributed by atoms with Gasteiger partial charge in [-0.15, -0.1) is 11.8 Å². The molecule has 2 aromatic carbocycles. The fourth-order valence-electron chi connectivity index (χ4n) is 2.07. The molecule has 0 radical (unpaired) electrons. The molecule has 0 amide bonds. The predicted octanol–water partition coefficient (Wildman–Crippen LogP) is 4.52. The van der Waals surface area contributed by atoms with Gasteiger partial charge >= 0.3 is 0 Å². The zero-order valence-electron chi connectivity index (χ0n) is 11.7. The van der Waals surface area contributed by atoms with E-state index in [9.17, 15) is 0 Å². The van der Waals surface area contributed by atoms with Crippen LogP contribution < -0.4 is 5.73 Å². The number of nitrogens with two attached hydrogens (primary N) is 1. The van der Waals surface area contributed by atoms with E-state index in [0.717, 1.165) is 33.4 Å². The van der Waals surface area contributed by atoms with E-state index in [1.165, 1.54) is 5.56 Å². The largest absolute Gasteiger partial charge is 0.398 e. The van der Waals surface area contributed by atoms with Crippen molar-refractivity contribution < 1.29 is 4.52 Å². The van der Waals surface area contributed by atoms with Gasteiger partial charge < -0.3 is 10.3 Å². The van der Waals surface area contributed by atoms with E-state index in [4.69, 9.17) is 10.3 Å². The summed E-state index contributed by atoms with van der Waals surface area (Å²) in [6.45, 7) is 2.04. The van der Waals surface area contributed by atoms with Gasteiger partial charge in [0.2, 0.25) is 0 Å². The molecule has 0 aliphatic heterocycles. The summed E-state index contributed by atoms with van der Waals surface area (Å²) in [5.41, 5.74) is 9.95. The molecule has 3 nitrogen and oxygen atoms in total. The van der Waals surface area contributed by atoms with Gasteiger partial charge in [-0.1, -0.05) is 41.6 Å². The molecule has 0 unspecified atom stereocenters. The number of hydrogen-bond donors (Lipinski definition) is 1. The summed E-state index contributed by atoms with van der Waals surface area (Å²) in [4.78, 5) is 1.07. The Morgan fingerprint density at radius 1 is 1.10 bits per heavy atom. The van der Waals surface area contributed by atoms with E-state index in [-0.39, 0.29) is 0 Å². The van der Waals surface area contributed by atoms with E-state index in [0.29, 0.717) is 0 Å². The van der Waals surface area contributed by atoms with Crippen molar-refractivity contribution in [2.75, 3.05) is 5.73 Å². The van der Waals surface area contributed by atoms with Crippen LogP contribution in [0.1, 0.15) is 11.3 Å². The Labute approximate surface area is 128 Å². The van der Waals surface area contributed by atoms with Crippen molar-refractivity contribution in [3.63, 3.8) is 0 Å². The molecule has 106 valence electrons. The maximum atomic E-state index is 6.02. The predicted molar refractivity (Wildman–Crippen MR) is 87.1 cm³/mol. The standard InChI is InChI=1S/C17H16N2OS/c1-12-7-8-17(15(18)9-12)21-11-14-10-16(20-19-14)13-5-3-2-4-6-13/h2-10H,11,18H2,1H3. The van der Waals surface area contributed by atoms with Gasteiger partial charge in [0.1, 0.15) is 0 Å². The first-order valence-electron chi connectivity index (χ1n) is 6.72. The molecule has 0 fully saturated rings. The molecule has 1 aromatic heterocycles. The van der Waals surface area contributed by atoms with Gasteiger partial charge in [-0.25, -0.2) is 0 Å². The lowest BCUT2D eigenvalue weighted by molar-refractivity contribution is 0.426. The molecule has 0 bridgehead atoms. The number of aryl methyl sites for hydroxylation is 1. The minimum absolute atomic E-state index is 0.740. The summed E-state index contributed by atoms with van der Waals surface area (Å²) in [5, 5.41) is 4.12. The van der Waals surface area contributed by atoms with E-state index < -0.39 is 0 Å². The third-order valence-corrected chi connectivity index (χ3v) is 4.28. The van der Waals surface area contributed by atoms with Crippen LogP contribution in [0.3, 0.4) is 0 Å². The van der Waals surface area contributed by atoms with Gasteiger partial charge in [-0.2, -0.15) is 0 Å². The van der Waals surface area contributed by atoms with Crippen LogP contribution in [0.5, 0.6) is 0 Å². The Morgan fingerprint density at radius 3 is 2.67 bits per heavy atom. The fourth-order valence-corrected chi connectivity index (χ4v) is 2.90. The minimum atomic E-state index is 0.740. The second-order valence-corrected chi connectivity index (χ2v) is 5.90.